The van der Waals surface area contributed by atoms with E-state index in [2.05, 4.69) is 0 Å². The maximum Gasteiger partial charge on any atom is 0.127 e. The topological polar surface area (TPSA) is 29.5 Å². The maximum atomic E-state index is 10.5. The Morgan fingerprint density at radius 1 is 1.20 bits per heavy atom. The van der Waals surface area contributed by atoms with Crippen molar-refractivity contribution in [2.24, 2.45) is 0 Å². The van der Waals surface area contributed by atoms with Gasteiger partial charge in [0.2, 0.25) is 0 Å². The van der Waals surface area contributed by atoms with Gasteiger partial charge in [-0.3, -0.25) is 0 Å². The molecule has 0 spiro atoms. The molecule has 0 radical (unpaired) electrons. The summed E-state index contributed by atoms with van der Waals surface area (Å²) in [6, 6.07) is 11.5. The molecule has 0 fully saturated rings. The van der Waals surface area contributed by atoms with Crippen LogP contribution < -0.4 is 4.74 Å². The van der Waals surface area contributed by atoms with Gasteiger partial charge in [-0.1, -0.05) is 35.9 Å². The summed E-state index contributed by atoms with van der Waals surface area (Å²) in [6.45, 7) is 4.04. The molecule has 0 saturated heterocycles. The number of hydrogen-bond donors (Lipinski definition) is 1. The van der Waals surface area contributed by atoms with Crippen LogP contribution in [0.4, 0.5) is 0 Å². The zero-order chi connectivity index (χ0) is 14.7. The summed E-state index contributed by atoms with van der Waals surface area (Å²) >= 11 is 5.97. The first-order valence-electron chi connectivity index (χ1n) is 6.59. The van der Waals surface area contributed by atoms with Gasteiger partial charge in [0.15, 0.2) is 0 Å². The van der Waals surface area contributed by atoms with Gasteiger partial charge in [-0.25, -0.2) is 0 Å². The van der Waals surface area contributed by atoms with E-state index in [1.165, 1.54) is 0 Å². The van der Waals surface area contributed by atoms with Crippen LogP contribution in [0.5, 0.6) is 5.75 Å². The van der Waals surface area contributed by atoms with Gasteiger partial charge in [-0.15, -0.1) is 0 Å². The largest absolute Gasteiger partial charge is 0.496 e. The maximum absolute atomic E-state index is 10.5. The molecule has 0 amide bonds. The van der Waals surface area contributed by atoms with Crippen molar-refractivity contribution in [1.29, 1.82) is 0 Å². The van der Waals surface area contributed by atoms with Gasteiger partial charge in [0, 0.05) is 17.0 Å². The smallest absolute Gasteiger partial charge is 0.127 e. The van der Waals surface area contributed by atoms with E-state index >= 15 is 0 Å². The highest BCUT2D eigenvalue weighted by Crippen LogP contribution is 2.32. The summed E-state index contributed by atoms with van der Waals surface area (Å²) in [5.41, 5.74) is 4.04. The van der Waals surface area contributed by atoms with Crippen molar-refractivity contribution in [1.82, 2.24) is 0 Å². The third-order valence-electron chi connectivity index (χ3n) is 3.59. The highest BCUT2D eigenvalue weighted by molar-refractivity contribution is 6.30. The quantitative estimate of drug-likeness (QED) is 0.912. The SMILES string of the molecule is COc1c(C(O)Cc2cccc(Cl)c2)ccc(C)c1C. The molecule has 106 valence electrons. The van der Waals surface area contributed by atoms with Gasteiger partial charge < -0.3 is 9.84 Å². The molecule has 1 atom stereocenters. The number of rotatable bonds is 4. The molecule has 0 aliphatic heterocycles. The highest BCUT2D eigenvalue weighted by atomic mass is 35.5. The zero-order valence-electron chi connectivity index (χ0n) is 12.0. The van der Waals surface area contributed by atoms with E-state index in [1.807, 2.05) is 50.2 Å². The van der Waals surface area contributed by atoms with Crippen molar-refractivity contribution >= 4 is 11.6 Å². The third kappa shape index (κ3) is 3.14. The van der Waals surface area contributed by atoms with E-state index in [1.54, 1.807) is 7.11 Å². The lowest BCUT2D eigenvalue weighted by molar-refractivity contribution is 0.174. The number of aryl methyl sites for hydroxylation is 1. The fraction of sp³-hybridized carbons (Fsp3) is 0.294. The predicted octanol–water partition coefficient (Wildman–Crippen LogP) is 4.24. The minimum absolute atomic E-state index is 0.513. The van der Waals surface area contributed by atoms with Gasteiger partial charge in [-0.05, 0) is 42.7 Å². The van der Waals surface area contributed by atoms with Crippen LogP contribution in [0.3, 0.4) is 0 Å². The Bertz CT molecular complexity index is 608. The Labute approximate surface area is 125 Å². The van der Waals surface area contributed by atoms with Crippen LogP contribution in [0.15, 0.2) is 36.4 Å². The van der Waals surface area contributed by atoms with Crippen molar-refractivity contribution in [2.75, 3.05) is 7.11 Å². The van der Waals surface area contributed by atoms with Crippen LogP contribution in [-0.4, -0.2) is 12.2 Å². The number of methoxy groups -OCH3 is 1. The molecule has 2 aromatic rings. The molecule has 2 aromatic carbocycles. The first-order valence-corrected chi connectivity index (χ1v) is 6.97. The number of benzene rings is 2. The lowest BCUT2D eigenvalue weighted by Gasteiger charge is -2.18. The summed E-state index contributed by atoms with van der Waals surface area (Å²) < 4.78 is 5.45. The van der Waals surface area contributed by atoms with Gasteiger partial charge in [0.05, 0.1) is 13.2 Å². The Kier molecular flexibility index (Phi) is 4.69. The molecule has 0 aromatic heterocycles. The summed E-state index contributed by atoms with van der Waals surface area (Å²) in [5.74, 6) is 0.763. The predicted molar refractivity (Wildman–Crippen MR) is 82.6 cm³/mol. The van der Waals surface area contributed by atoms with Crippen LogP contribution in [0, 0.1) is 13.8 Å². The van der Waals surface area contributed by atoms with E-state index in [9.17, 15) is 5.11 Å². The van der Waals surface area contributed by atoms with Gasteiger partial charge in [0.25, 0.3) is 0 Å². The second-order valence-corrected chi connectivity index (χ2v) is 5.42. The van der Waals surface area contributed by atoms with Crippen molar-refractivity contribution < 1.29 is 9.84 Å². The Hall–Kier alpha value is -1.51. The summed E-state index contributed by atoms with van der Waals surface area (Å²) in [6.07, 6.45) is -0.0953. The van der Waals surface area contributed by atoms with Gasteiger partial charge in [-0.2, -0.15) is 0 Å². The molecule has 1 N–H and O–H groups in total. The van der Waals surface area contributed by atoms with Crippen molar-refractivity contribution in [3.8, 4) is 5.75 Å². The molecule has 0 aliphatic rings. The average Bonchev–Trinajstić information content (AvgIpc) is 2.41. The molecular weight excluding hydrogens is 272 g/mol. The van der Waals surface area contributed by atoms with Crippen LogP contribution >= 0.6 is 11.6 Å². The van der Waals surface area contributed by atoms with E-state index in [0.717, 1.165) is 28.0 Å². The number of halogens is 1. The summed E-state index contributed by atoms with van der Waals surface area (Å²) in [4.78, 5) is 0. The van der Waals surface area contributed by atoms with Gasteiger partial charge >= 0.3 is 0 Å². The third-order valence-corrected chi connectivity index (χ3v) is 3.82. The first kappa shape index (κ1) is 14.9. The number of hydrogen-bond acceptors (Lipinski definition) is 2. The monoisotopic (exact) mass is 290 g/mol. The molecule has 0 aliphatic carbocycles. The fourth-order valence-electron chi connectivity index (χ4n) is 2.34. The minimum Gasteiger partial charge on any atom is -0.496 e. The lowest BCUT2D eigenvalue weighted by atomic mass is 9.96. The normalized spacial score (nSPS) is 12.2. The Balaban J connectivity index is 2.29. The molecular formula is C17H19ClO2. The van der Waals surface area contributed by atoms with E-state index in [0.29, 0.717) is 11.4 Å². The molecule has 2 rings (SSSR count). The van der Waals surface area contributed by atoms with Crippen molar-refractivity contribution in [3.63, 3.8) is 0 Å². The second kappa shape index (κ2) is 6.29. The average molecular weight is 291 g/mol. The van der Waals surface area contributed by atoms with E-state index in [4.69, 9.17) is 16.3 Å². The van der Waals surface area contributed by atoms with Gasteiger partial charge in [0.1, 0.15) is 5.75 Å². The first-order chi connectivity index (χ1) is 9.52. The van der Waals surface area contributed by atoms with Crippen molar-refractivity contribution in [2.45, 2.75) is 26.4 Å². The zero-order valence-corrected chi connectivity index (χ0v) is 12.7. The second-order valence-electron chi connectivity index (χ2n) is 4.98. The highest BCUT2D eigenvalue weighted by Gasteiger charge is 2.16. The molecule has 20 heavy (non-hydrogen) atoms. The number of aliphatic hydroxyl groups is 1. The molecule has 0 heterocycles. The van der Waals surface area contributed by atoms with E-state index < -0.39 is 6.10 Å². The Morgan fingerprint density at radius 2 is 1.95 bits per heavy atom. The number of ether oxygens (including phenoxy) is 1. The lowest BCUT2D eigenvalue weighted by Crippen LogP contribution is -2.06. The van der Waals surface area contributed by atoms with E-state index in [-0.39, 0.29) is 0 Å². The Morgan fingerprint density at radius 3 is 2.60 bits per heavy atom. The minimum atomic E-state index is -0.609. The molecule has 3 heteroatoms. The molecule has 2 nitrogen and oxygen atoms in total. The van der Waals surface area contributed by atoms with Crippen LogP contribution in [0.25, 0.3) is 0 Å². The number of aliphatic hydroxyl groups excluding tert-OH is 1. The summed E-state index contributed by atoms with van der Waals surface area (Å²) in [5, 5.41) is 11.2. The molecule has 0 saturated carbocycles. The molecule has 0 bridgehead atoms. The van der Waals surface area contributed by atoms with Crippen LogP contribution in [0.1, 0.15) is 28.4 Å². The van der Waals surface area contributed by atoms with Crippen LogP contribution in [0.2, 0.25) is 5.02 Å². The standard InChI is InChI=1S/C17H19ClO2/c1-11-7-8-15(17(20-3)12(11)2)16(19)10-13-5-4-6-14(18)9-13/h4-9,16,19H,10H2,1-3H3. The molecule has 1 unspecified atom stereocenters. The summed E-state index contributed by atoms with van der Waals surface area (Å²) in [7, 11) is 1.64. The fourth-order valence-corrected chi connectivity index (χ4v) is 2.55. The van der Waals surface area contributed by atoms with Crippen LogP contribution in [-0.2, 0) is 6.42 Å². The van der Waals surface area contributed by atoms with Crippen molar-refractivity contribution in [3.05, 3.63) is 63.7 Å².